The maximum Gasteiger partial charge on any atom is 0.321 e. The Labute approximate surface area is 114 Å². The summed E-state index contributed by atoms with van der Waals surface area (Å²) >= 11 is 0. The van der Waals surface area contributed by atoms with Crippen LogP contribution in [0.2, 0.25) is 0 Å². The summed E-state index contributed by atoms with van der Waals surface area (Å²) in [7, 11) is 0. The van der Waals surface area contributed by atoms with Crippen molar-refractivity contribution in [3.05, 3.63) is 29.3 Å². The average Bonchev–Trinajstić information content (AvgIpc) is 2.48. The normalized spacial score (nSPS) is 18.8. The second kappa shape index (κ2) is 5.61. The SMILES string of the molecule is O=C(Nc1cccc2c1CNCC2)N1CCCCC1. The smallest absolute Gasteiger partial charge is 0.321 e. The number of nitrogens with one attached hydrogen (secondary N) is 2. The van der Waals surface area contributed by atoms with Gasteiger partial charge in [-0.25, -0.2) is 4.79 Å². The number of rotatable bonds is 1. The molecule has 1 aromatic carbocycles. The number of urea groups is 1. The molecule has 0 saturated carbocycles. The summed E-state index contributed by atoms with van der Waals surface area (Å²) < 4.78 is 0. The van der Waals surface area contributed by atoms with Crippen molar-refractivity contribution in [3.8, 4) is 0 Å². The number of amides is 2. The Morgan fingerprint density at radius 3 is 2.89 bits per heavy atom. The van der Waals surface area contributed by atoms with Gasteiger partial charge in [-0.1, -0.05) is 12.1 Å². The molecule has 3 rings (SSSR count). The van der Waals surface area contributed by atoms with Crippen LogP contribution in [-0.2, 0) is 13.0 Å². The monoisotopic (exact) mass is 259 g/mol. The third-order valence-electron chi connectivity index (χ3n) is 4.03. The lowest BCUT2D eigenvalue weighted by atomic mass is 9.99. The predicted octanol–water partition coefficient (Wildman–Crippen LogP) is 2.35. The van der Waals surface area contributed by atoms with Gasteiger partial charge in [0, 0.05) is 25.3 Å². The summed E-state index contributed by atoms with van der Waals surface area (Å²) in [6.45, 7) is 3.65. The second-order valence-corrected chi connectivity index (χ2v) is 5.35. The van der Waals surface area contributed by atoms with Crippen LogP contribution in [0.3, 0.4) is 0 Å². The fourth-order valence-corrected chi connectivity index (χ4v) is 2.92. The van der Waals surface area contributed by atoms with Gasteiger partial charge in [0.2, 0.25) is 0 Å². The average molecular weight is 259 g/mol. The molecule has 0 spiro atoms. The van der Waals surface area contributed by atoms with E-state index in [0.29, 0.717) is 0 Å². The fourth-order valence-electron chi connectivity index (χ4n) is 2.92. The molecule has 2 amide bonds. The maximum atomic E-state index is 12.2. The first kappa shape index (κ1) is 12.5. The number of hydrogen-bond acceptors (Lipinski definition) is 2. The Hall–Kier alpha value is -1.55. The maximum absolute atomic E-state index is 12.2. The number of likely N-dealkylation sites (tertiary alicyclic amines) is 1. The molecule has 0 radical (unpaired) electrons. The minimum Gasteiger partial charge on any atom is -0.325 e. The van der Waals surface area contributed by atoms with E-state index in [4.69, 9.17) is 0 Å². The number of hydrogen-bond donors (Lipinski definition) is 2. The summed E-state index contributed by atoms with van der Waals surface area (Å²) in [5.41, 5.74) is 3.58. The lowest BCUT2D eigenvalue weighted by molar-refractivity contribution is 0.200. The molecule has 0 atom stereocenters. The van der Waals surface area contributed by atoms with Crippen molar-refractivity contribution in [1.82, 2.24) is 10.2 Å². The summed E-state index contributed by atoms with van der Waals surface area (Å²) in [6, 6.07) is 6.26. The van der Waals surface area contributed by atoms with E-state index in [0.717, 1.165) is 51.1 Å². The van der Waals surface area contributed by atoms with Crippen LogP contribution in [0.25, 0.3) is 0 Å². The molecule has 19 heavy (non-hydrogen) atoms. The first-order valence-corrected chi connectivity index (χ1v) is 7.22. The van der Waals surface area contributed by atoms with Crippen molar-refractivity contribution < 1.29 is 4.79 Å². The van der Waals surface area contributed by atoms with Crippen molar-refractivity contribution in [2.75, 3.05) is 25.0 Å². The van der Waals surface area contributed by atoms with Crippen molar-refractivity contribution >= 4 is 11.7 Å². The highest BCUT2D eigenvalue weighted by Gasteiger charge is 2.19. The molecule has 2 aliphatic heterocycles. The van der Waals surface area contributed by atoms with Crippen LogP contribution in [0.15, 0.2) is 18.2 Å². The highest BCUT2D eigenvalue weighted by Crippen LogP contribution is 2.23. The molecular formula is C15H21N3O. The molecule has 1 saturated heterocycles. The third kappa shape index (κ3) is 2.73. The van der Waals surface area contributed by atoms with Gasteiger partial charge in [0.25, 0.3) is 0 Å². The summed E-state index contributed by atoms with van der Waals surface area (Å²) in [4.78, 5) is 14.2. The fraction of sp³-hybridized carbons (Fsp3) is 0.533. The number of fused-ring (bicyclic) bond motifs is 1. The van der Waals surface area contributed by atoms with Crippen LogP contribution in [0.1, 0.15) is 30.4 Å². The van der Waals surface area contributed by atoms with Gasteiger partial charge >= 0.3 is 6.03 Å². The molecule has 2 aliphatic rings. The highest BCUT2D eigenvalue weighted by molar-refractivity contribution is 5.90. The van der Waals surface area contributed by atoms with Crippen molar-refractivity contribution in [2.45, 2.75) is 32.2 Å². The minimum absolute atomic E-state index is 0.0543. The third-order valence-corrected chi connectivity index (χ3v) is 4.03. The predicted molar refractivity (Wildman–Crippen MR) is 76.3 cm³/mol. The quantitative estimate of drug-likeness (QED) is 0.813. The Morgan fingerprint density at radius 1 is 1.21 bits per heavy atom. The van der Waals surface area contributed by atoms with Crippen LogP contribution >= 0.6 is 0 Å². The van der Waals surface area contributed by atoms with Crippen molar-refractivity contribution in [3.63, 3.8) is 0 Å². The van der Waals surface area contributed by atoms with Crippen LogP contribution in [0.5, 0.6) is 0 Å². The van der Waals surface area contributed by atoms with E-state index in [1.807, 2.05) is 17.0 Å². The summed E-state index contributed by atoms with van der Waals surface area (Å²) in [5, 5.41) is 6.46. The molecule has 102 valence electrons. The largest absolute Gasteiger partial charge is 0.325 e. The summed E-state index contributed by atoms with van der Waals surface area (Å²) in [5.74, 6) is 0. The number of nitrogens with zero attached hydrogens (tertiary/aromatic N) is 1. The molecule has 1 aromatic rings. The Morgan fingerprint density at radius 2 is 2.05 bits per heavy atom. The zero-order valence-electron chi connectivity index (χ0n) is 11.2. The molecule has 0 aliphatic carbocycles. The standard InChI is InChI=1S/C15H21N3O/c19-15(18-9-2-1-3-10-18)17-14-6-4-5-12-7-8-16-11-13(12)14/h4-6,16H,1-3,7-11H2,(H,17,19). The molecule has 0 unspecified atom stereocenters. The van der Waals surface area contributed by atoms with Gasteiger partial charge < -0.3 is 15.5 Å². The molecule has 4 nitrogen and oxygen atoms in total. The van der Waals surface area contributed by atoms with E-state index in [9.17, 15) is 4.79 Å². The lowest BCUT2D eigenvalue weighted by Gasteiger charge is -2.28. The van der Waals surface area contributed by atoms with Crippen LogP contribution < -0.4 is 10.6 Å². The van der Waals surface area contributed by atoms with E-state index in [1.165, 1.54) is 17.5 Å². The zero-order chi connectivity index (χ0) is 13.1. The number of anilines is 1. The van der Waals surface area contributed by atoms with E-state index in [-0.39, 0.29) is 6.03 Å². The molecule has 2 heterocycles. The van der Waals surface area contributed by atoms with Gasteiger partial charge in [-0.05, 0) is 49.4 Å². The van der Waals surface area contributed by atoms with Gasteiger partial charge in [-0.2, -0.15) is 0 Å². The number of carbonyl (C=O) groups is 1. The molecule has 4 heteroatoms. The van der Waals surface area contributed by atoms with E-state index in [2.05, 4.69) is 16.7 Å². The van der Waals surface area contributed by atoms with E-state index in [1.54, 1.807) is 0 Å². The van der Waals surface area contributed by atoms with Gasteiger partial charge in [0.05, 0.1) is 0 Å². The molecule has 1 fully saturated rings. The van der Waals surface area contributed by atoms with Gasteiger partial charge in [0.1, 0.15) is 0 Å². The minimum atomic E-state index is 0.0543. The summed E-state index contributed by atoms with van der Waals surface area (Å²) in [6.07, 6.45) is 4.54. The van der Waals surface area contributed by atoms with Gasteiger partial charge in [0.15, 0.2) is 0 Å². The first-order chi connectivity index (χ1) is 9.34. The lowest BCUT2D eigenvalue weighted by Crippen LogP contribution is -2.39. The van der Waals surface area contributed by atoms with Gasteiger partial charge in [-0.3, -0.25) is 0 Å². The Kier molecular flexibility index (Phi) is 3.69. The molecule has 0 bridgehead atoms. The molecular weight excluding hydrogens is 238 g/mol. The van der Waals surface area contributed by atoms with Crippen molar-refractivity contribution in [2.24, 2.45) is 0 Å². The van der Waals surface area contributed by atoms with Crippen LogP contribution in [0, 0.1) is 0 Å². The topological polar surface area (TPSA) is 44.4 Å². The second-order valence-electron chi connectivity index (χ2n) is 5.35. The Bertz CT molecular complexity index is 466. The van der Waals surface area contributed by atoms with Crippen molar-refractivity contribution in [1.29, 1.82) is 0 Å². The molecule has 2 N–H and O–H groups in total. The van der Waals surface area contributed by atoms with E-state index >= 15 is 0 Å². The Balaban J connectivity index is 1.74. The highest BCUT2D eigenvalue weighted by atomic mass is 16.2. The van der Waals surface area contributed by atoms with Crippen LogP contribution in [0.4, 0.5) is 10.5 Å². The number of piperidine rings is 1. The van der Waals surface area contributed by atoms with E-state index < -0.39 is 0 Å². The number of carbonyl (C=O) groups excluding carboxylic acids is 1. The molecule has 0 aromatic heterocycles. The van der Waals surface area contributed by atoms with Gasteiger partial charge in [-0.15, -0.1) is 0 Å². The first-order valence-electron chi connectivity index (χ1n) is 7.22. The van der Waals surface area contributed by atoms with Crippen LogP contribution in [-0.4, -0.2) is 30.6 Å². The number of benzene rings is 1. The zero-order valence-corrected chi connectivity index (χ0v) is 11.2.